The molecule has 4 rings (SSSR count). The average Bonchev–Trinajstić information content (AvgIpc) is 2.72. The van der Waals surface area contributed by atoms with Crippen molar-refractivity contribution in [2.75, 3.05) is 0 Å². The summed E-state index contributed by atoms with van der Waals surface area (Å²) in [6, 6.07) is 5.75. The molecule has 2 bridgehead atoms. The average molecular weight is 319 g/mol. The molecule has 0 spiro atoms. The van der Waals surface area contributed by atoms with Gasteiger partial charge in [-0.3, -0.25) is 4.79 Å². The lowest BCUT2D eigenvalue weighted by molar-refractivity contribution is 0.0756. The molecule has 2 aromatic rings. The van der Waals surface area contributed by atoms with E-state index >= 15 is 0 Å². The molecule has 2 saturated carbocycles. The van der Waals surface area contributed by atoms with Gasteiger partial charge in [-0.05, 0) is 61.1 Å². The van der Waals surface area contributed by atoms with Gasteiger partial charge in [-0.25, -0.2) is 0 Å². The molecule has 2 fully saturated rings. The minimum Gasteiger partial charge on any atom is -0.488 e. The van der Waals surface area contributed by atoms with Crippen molar-refractivity contribution < 1.29 is 4.74 Å². The molecule has 116 valence electrons. The summed E-state index contributed by atoms with van der Waals surface area (Å²) in [6.45, 7) is 0. The predicted octanol–water partition coefficient (Wildman–Crippen LogP) is 3.08. The Labute approximate surface area is 133 Å². The molecule has 1 aromatic carbocycles. The Morgan fingerprint density at radius 1 is 1.23 bits per heavy atom. The summed E-state index contributed by atoms with van der Waals surface area (Å²) in [4.78, 5) is 14.5. The molecule has 0 unspecified atom stereocenters. The van der Waals surface area contributed by atoms with Gasteiger partial charge in [-0.2, -0.15) is 0 Å². The largest absolute Gasteiger partial charge is 0.488 e. The zero-order chi connectivity index (χ0) is 15.3. The summed E-state index contributed by atoms with van der Waals surface area (Å²) in [5.74, 6) is 1.73. The second kappa shape index (κ2) is 5.28. The van der Waals surface area contributed by atoms with Crippen LogP contribution in [0.5, 0.6) is 5.75 Å². The standard InChI is InChI=1S/C17H19ClN2O2/c18-14-8-13-9(3-4-20-17(13)21)7-15(14)22-16-10-1-2-11(16)6-12(19)5-10/h3-4,7-8,10-12,16H,1-2,5-6,19H2,(H,20,21)/t10-,11+,12+,16-. The number of aromatic amines is 1. The van der Waals surface area contributed by atoms with Crippen LogP contribution < -0.4 is 16.0 Å². The van der Waals surface area contributed by atoms with Crippen molar-refractivity contribution in [1.82, 2.24) is 4.98 Å². The third-order valence-electron chi connectivity index (χ3n) is 5.14. The molecule has 0 aliphatic heterocycles. The molecular formula is C17H19ClN2O2. The van der Waals surface area contributed by atoms with Crippen LogP contribution in [-0.2, 0) is 0 Å². The van der Waals surface area contributed by atoms with Crippen molar-refractivity contribution >= 4 is 22.4 Å². The van der Waals surface area contributed by atoms with Gasteiger partial charge in [0.15, 0.2) is 0 Å². The predicted molar refractivity (Wildman–Crippen MR) is 87.4 cm³/mol. The molecule has 0 radical (unpaired) electrons. The third kappa shape index (κ3) is 2.31. The molecule has 3 N–H and O–H groups in total. The normalized spacial score (nSPS) is 30.6. The van der Waals surface area contributed by atoms with Crippen LogP contribution in [0.2, 0.25) is 5.02 Å². The summed E-state index contributed by atoms with van der Waals surface area (Å²) >= 11 is 6.34. The fraction of sp³-hybridized carbons (Fsp3) is 0.471. The van der Waals surface area contributed by atoms with Gasteiger partial charge >= 0.3 is 0 Å². The first-order chi connectivity index (χ1) is 10.6. The van der Waals surface area contributed by atoms with Crippen molar-refractivity contribution in [3.05, 3.63) is 39.8 Å². The fourth-order valence-electron chi connectivity index (χ4n) is 4.14. The number of halogens is 1. The molecular weight excluding hydrogens is 300 g/mol. The Kier molecular flexibility index (Phi) is 3.39. The summed E-state index contributed by atoms with van der Waals surface area (Å²) in [7, 11) is 0. The van der Waals surface area contributed by atoms with E-state index in [-0.39, 0.29) is 11.7 Å². The Bertz CT molecular complexity index is 759. The number of aromatic nitrogens is 1. The maximum atomic E-state index is 11.8. The van der Waals surface area contributed by atoms with E-state index in [9.17, 15) is 4.79 Å². The van der Waals surface area contributed by atoms with Gasteiger partial charge in [-0.15, -0.1) is 0 Å². The van der Waals surface area contributed by atoms with Crippen LogP contribution >= 0.6 is 11.6 Å². The van der Waals surface area contributed by atoms with Crippen molar-refractivity contribution in [2.24, 2.45) is 17.6 Å². The molecule has 2 aliphatic rings. The van der Waals surface area contributed by atoms with E-state index in [1.54, 1.807) is 12.3 Å². The summed E-state index contributed by atoms with van der Waals surface area (Å²) < 4.78 is 6.27. The Morgan fingerprint density at radius 2 is 1.95 bits per heavy atom. The lowest BCUT2D eigenvalue weighted by Crippen LogP contribution is -2.40. The molecule has 0 saturated heterocycles. The topological polar surface area (TPSA) is 68.1 Å². The quantitative estimate of drug-likeness (QED) is 0.894. The van der Waals surface area contributed by atoms with Crippen molar-refractivity contribution in [3.8, 4) is 5.75 Å². The molecule has 4 atom stereocenters. The number of H-pyrrole nitrogens is 1. The smallest absolute Gasteiger partial charge is 0.255 e. The number of pyridine rings is 1. The van der Waals surface area contributed by atoms with E-state index in [0.29, 0.717) is 34.0 Å². The SMILES string of the molecule is N[C@H]1C[C@H]2CC[C@@H](C1)[C@@H]2Oc1cc2cc[nH]c(=O)c2cc1Cl. The number of rotatable bonds is 2. The number of hydrogen-bond acceptors (Lipinski definition) is 3. The number of nitrogens with two attached hydrogens (primary N) is 1. The second-order valence-corrected chi connectivity index (χ2v) is 7.00. The first-order valence-electron chi connectivity index (χ1n) is 7.85. The van der Waals surface area contributed by atoms with Crippen molar-refractivity contribution in [3.63, 3.8) is 0 Å². The van der Waals surface area contributed by atoms with Gasteiger partial charge < -0.3 is 15.5 Å². The van der Waals surface area contributed by atoms with Crippen LogP contribution in [0.25, 0.3) is 10.8 Å². The molecule has 22 heavy (non-hydrogen) atoms. The van der Waals surface area contributed by atoms with E-state index in [2.05, 4.69) is 4.98 Å². The first kappa shape index (κ1) is 14.1. The second-order valence-electron chi connectivity index (χ2n) is 6.59. The zero-order valence-electron chi connectivity index (χ0n) is 12.2. The number of hydrogen-bond donors (Lipinski definition) is 2. The Morgan fingerprint density at radius 3 is 2.68 bits per heavy atom. The van der Waals surface area contributed by atoms with Crippen LogP contribution in [0.15, 0.2) is 29.2 Å². The summed E-state index contributed by atoms with van der Waals surface area (Å²) in [6.07, 6.45) is 6.29. The van der Waals surface area contributed by atoms with Crippen LogP contribution in [0.4, 0.5) is 0 Å². The summed E-state index contributed by atoms with van der Waals surface area (Å²) in [5, 5.41) is 1.94. The zero-order valence-corrected chi connectivity index (χ0v) is 13.0. The van der Waals surface area contributed by atoms with Gasteiger partial charge in [0.1, 0.15) is 11.9 Å². The van der Waals surface area contributed by atoms with E-state index < -0.39 is 0 Å². The number of ether oxygens (including phenoxy) is 1. The minimum atomic E-state index is -0.130. The van der Waals surface area contributed by atoms with Gasteiger partial charge in [-0.1, -0.05) is 11.6 Å². The first-order valence-corrected chi connectivity index (χ1v) is 8.23. The van der Waals surface area contributed by atoms with Crippen LogP contribution in [0, 0.1) is 11.8 Å². The minimum absolute atomic E-state index is 0.130. The maximum absolute atomic E-state index is 11.8. The third-order valence-corrected chi connectivity index (χ3v) is 5.43. The summed E-state index contributed by atoms with van der Waals surface area (Å²) in [5.41, 5.74) is 5.98. The van der Waals surface area contributed by atoms with Gasteiger partial charge in [0.25, 0.3) is 5.56 Å². The monoisotopic (exact) mass is 318 g/mol. The van der Waals surface area contributed by atoms with Crippen LogP contribution in [-0.4, -0.2) is 17.1 Å². The number of nitrogens with one attached hydrogen (secondary N) is 1. The maximum Gasteiger partial charge on any atom is 0.255 e. The lowest BCUT2D eigenvalue weighted by atomic mass is 9.83. The van der Waals surface area contributed by atoms with Crippen molar-refractivity contribution in [2.45, 2.75) is 37.8 Å². The van der Waals surface area contributed by atoms with E-state index in [0.717, 1.165) is 18.2 Å². The van der Waals surface area contributed by atoms with Crippen LogP contribution in [0.1, 0.15) is 25.7 Å². The number of benzene rings is 1. The van der Waals surface area contributed by atoms with E-state index in [4.69, 9.17) is 22.1 Å². The highest BCUT2D eigenvalue weighted by Crippen LogP contribution is 2.44. The van der Waals surface area contributed by atoms with E-state index in [1.807, 2.05) is 12.1 Å². The number of fused-ring (bicyclic) bond motifs is 3. The van der Waals surface area contributed by atoms with Crippen LogP contribution in [0.3, 0.4) is 0 Å². The highest BCUT2D eigenvalue weighted by Gasteiger charge is 2.43. The van der Waals surface area contributed by atoms with Gasteiger partial charge in [0.05, 0.1) is 5.02 Å². The molecule has 1 aromatic heterocycles. The molecule has 0 amide bonds. The highest BCUT2D eigenvalue weighted by molar-refractivity contribution is 6.32. The Balaban J connectivity index is 1.67. The fourth-order valence-corrected chi connectivity index (χ4v) is 4.35. The molecule has 5 heteroatoms. The lowest BCUT2D eigenvalue weighted by Gasteiger charge is -2.34. The van der Waals surface area contributed by atoms with E-state index in [1.165, 1.54) is 12.8 Å². The molecule has 2 aliphatic carbocycles. The van der Waals surface area contributed by atoms with Gasteiger partial charge in [0, 0.05) is 17.6 Å². The molecule has 1 heterocycles. The van der Waals surface area contributed by atoms with Gasteiger partial charge in [0.2, 0.25) is 0 Å². The highest BCUT2D eigenvalue weighted by atomic mass is 35.5. The molecule has 4 nitrogen and oxygen atoms in total. The Hall–Kier alpha value is -1.52. The van der Waals surface area contributed by atoms with Crippen molar-refractivity contribution in [1.29, 1.82) is 0 Å².